The minimum absolute atomic E-state index is 0.162. The van der Waals surface area contributed by atoms with Crippen molar-refractivity contribution in [1.29, 1.82) is 0 Å². The number of nitrogens with one attached hydrogen (secondary N) is 4. The molecule has 2 aromatic carbocycles. The zero-order chi connectivity index (χ0) is 33.8. The third kappa shape index (κ3) is 8.35. The van der Waals surface area contributed by atoms with Crippen molar-refractivity contribution in [3.63, 3.8) is 0 Å². The molecule has 0 bridgehead atoms. The van der Waals surface area contributed by atoms with E-state index in [-0.39, 0.29) is 23.8 Å². The van der Waals surface area contributed by atoms with E-state index >= 15 is 0 Å². The van der Waals surface area contributed by atoms with Crippen LogP contribution in [-0.4, -0.2) is 46.1 Å². The van der Waals surface area contributed by atoms with Crippen LogP contribution in [-0.2, 0) is 16.6 Å². The minimum Gasteiger partial charge on any atom is -0.457 e. The largest absolute Gasteiger partial charge is 0.457 e. The number of fused-ring (bicyclic) bond motifs is 1. The lowest BCUT2D eigenvalue weighted by Gasteiger charge is -2.19. The highest BCUT2D eigenvalue weighted by Crippen LogP contribution is 2.36. The molecule has 46 heavy (non-hydrogen) atoms. The predicted octanol–water partition coefficient (Wildman–Crippen LogP) is 6.24. The molecule has 4 N–H and O–H groups in total. The van der Waals surface area contributed by atoms with Gasteiger partial charge in [-0.05, 0) is 107 Å². The molecule has 0 unspecified atom stereocenters. The molecule has 0 saturated carbocycles. The van der Waals surface area contributed by atoms with E-state index in [1.807, 2.05) is 58.0 Å². The second-order valence-corrected chi connectivity index (χ2v) is 12.4. The summed E-state index contributed by atoms with van der Waals surface area (Å²) in [6, 6.07) is 11.3. The number of carbonyl (C=O) groups excluding carboxylic acids is 3. The molecular weight excluding hydrogens is 586 g/mol. The number of carbonyl (C=O) groups is 3. The minimum atomic E-state index is -0.578. The highest BCUT2D eigenvalue weighted by Gasteiger charge is 2.18. The molecule has 0 spiro atoms. The van der Waals surface area contributed by atoms with Crippen LogP contribution in [0.1, 0.15) is 67.7 Å². The van der Waals surface area contributed by atoms with Gasteiger partial charge < -0.3 is 35.0 Å². The first-order valence-electron chi connectivity index (χ1n) is 15.3. The number of alkyl carbamates (subject to hydrolysis) is 1. The summed E-state index contributed by atoms with van der Waals surface area (Å²) in [5.74, 6) is 0.838. The molecule has 0 atom stereocenters. The van der Waals surface area contributed by atoms with Crippen LogP contribution < -0.4 is 26.2 Å². The lowest BCUT2D eigenvalue weighted by molar-refractivity contribution is -0.116. The molecule has 11 nitrogen and oxygen atoms in total. The van der Waals surface area contributed by atoms with Crippen LogP contribution in [0.5, 0.6) is 11.5 Å². The molecule has 4 rings (SSSR count). The Bertz CT molecular complexity index is 1820. The van der Waals surface area contributed by atoms with Crippen molar-refractivity contribution in [2.24, 2.45) is 7.05 Å². The van der Waals surface area contributed by atoms with Crippen molar-refractivity contribution >= 4 is 34.5 Å². The van der Waals surface area contributed by atoms with Gasteiger partial charge >= 0.3 is 6.09 Å². The molecule has 0 fully saturated rings. The smallest absolute Gasteiger partial charge is 0.407 e. The Morgan fingerprint density at radius 3 is 2.30 bits per heavy atom. The Kier molecular flexibility index (Phi) is 10.2. The van der Waals surface area contributed by atoms with E-state index in [1.165, 1.54) is 4.57 Å². The number of aryl methyl sites for hydroxylation is 4. The topological polar surface area (TPSA) is 144 Å². The number of hydrogen-bond acceptors (Lipinski definition) is 6. The van der Waals surface area contributed by atoms with Crippen LogP contribution in [0.3, 0.4) is 0 Å². The third-order valence-corrected chi connectivity index (χ3v) is 7.12. The lowest BCUT2D eigenvalue weighted by Crippen LogP contribution is -2.33. The molecule has 244 valence electrons. The quantitative estimate of drug-likeness (QED) is 0.153. The molecule has 11 heteroatoms. The number of ether oxygens (including phenoxy) is 2. The monoisotopic (exact) mass is 629 g/mol. The number of nitrogens with zero attached hydrogens (tertiary/aromatic N) is 1. The molecular formula is C35H43N5O6. The van der Waals surface area contributed by atoms with Crippen LogP contribution in [0.2, 0.25) is 0 Å². The van der Waals surface area contributed by atoms with Gasteiger partial charge in [0.1, 0.15) is 28.3 Å². The number of anilines is 1. The third-order valence-electron chi connectivity index (χ3n) is 7.12. The zero-order valence-corrected chi connectivity index (χ0v) is 27.8. The summed E-state index contributed by atoms with van der Waals surface area (Å²) >= 11 is 0. The predicted molar refractivity (Wildman–Crippen MR) is 180 cm³/mol. The Balaban J connectivity index is 1.51. The Morgan fingerprint density at radius 2 is 1.65 bits per heavy atom. The summed E-state index contributed by atoms with van der Waals surface area (Å²) in [5, 5.41) is 9.00. The summed E-state index contributed by atoms with van der Waals surface area (Å²) in [4.78, 5) is 52.8. The normalized spacial score (nSPS) is 11.3. The van der Waals surface area contributed by atoms with Gasteiger partial charge in [-0.25, -0.2) is 4.79 Å². The number of H-pyrrole nitrogens is 1. The maximum absolute atomic E-state index is 12.9. The standard InChI is InChI=1S/C35H43N5O6/c1-9-36-32(42)28-18-26-27(19-40(8)33(43)30(26)39-28)23-13-20(2)14-25(17-23)45-31-21(3)15-24(16-22(31)4)38-29(41)11-10-12-37-34(44)46-35(5,6)7/h13-19,39H,9-12H2,1-8H3,(H,36,42)(H,37,44)(H,38,41). The summed E-state index contributed by atoms with van der Waals surface area (Å²) in [6.07, 6.45) is 1.97. The van der Waals surface area contributed by atoms with E-state index < -0.39 is 11.7 Å². The van der Waals surface area contributed by atoms with Gasteiger partial charge in [0.25, 0.3) is 11.5 Å². The summed E-state index contributed by atoms with van der Waals surface area (Å²) in [5.41, 5.74) is 4.77. The van der Waals surface area contributed by atoms with Crippen molar-refractivity contribution in [2.75, 3.05) is 18.4 Å². The van der Waals surface area contributed by atoms with Gasteiger partial charge in [-0.1, -0.05) is 6.07 Å². The number of rotatable bonds is 10. The van der Waals surface area contributed by atoms with Crippen molar-refractivity contribution in [2.45, 2.75) is 66.9 Å². The summed E-state index contributed by atoms with van der Waals surface area (Å²) in [7, 11) is 1.68. The van der Waals surface area contributed by atoms with Crippen molar-refractivity contribution < 1.29 is 23.9 Å². The van der Waals surface area contributed by atoms with E-state index in [0.717, 1.165) is 27.8 Å². The molecule has 4 aromatic rings. The molecule has 0 aliphatic rings. The molecule has 0 aliphatic heterocycles. The van der Waals surface area contributed by atoms with Gasteiger partial charge in [0.15, 0.2) is 0 Å². The fourth-order valence-electron chi connectivity index (χ4n) is 5.18. The maximum Gasteiger partial charge on any atom is 0.407 e. The Hall–Kier alpha value is -5.06. The molecule has 2 aromatic heterocycles. The molecule has 2 heterocycles. The Labute approximate surface area is 268 Å². The first-order valence-corrected chi connectivity index (χ1v) is 15.3. The van der Waals surface area contributed by atoms with Gasteiger partial charge in [-0.15, -0.1) is 0 Å². The first-order chi connectivity index (χ1) is 21.6. The van der Waals surface area contributed by atoms with Crippen LogP contribution in [0.25, 0.3) is 22.0 Å². The zero-order valence-electron chi connectivity index (χ0n) is 27.8. The van der Waals surface area contributed by atoms with Crippen LogP contribution in [0.4, 0.5) is 10.5 Å². The molecule has 0 aliphatic carbocycles. The highest BCUT2D eigenvalue weighted by molar-refractivity contribution is 6.02. The number of hydrogen-bond donors (Lipinski definition) is 4. The fourth-order valence-corrected chi connectivity index (χ4v) is 5.18. The van der Waals surface area contributed by atoms with E-state index in [0.29, 0.717) is 53.3 Å². The summed E-state index contributed by atoms with van der Waals surface area (Å²) in [6.45, 7) is 13.8. The lowest BCUT2D eigenvalue weighted by atomic mass is 10.0. The van der Waals surface area contributed by atoms with Crippen LogP contribution in [0, 0.1) is 20.8 Å². The van der Waals surface area contributed by atoms with E-state index in [1.54, 1.807) is 40.1 Å². The van der Waals surface area contributed by atoms with Gasteiger partial charge in [0, 0.05) is 49.4 Å². The SMILES string of the molecule is CCNC(=O)c1cc2c(-c3cc(C)cc(Oc4c(C)cc(NC(=O)CCCNC(=O)OC(C)(C)C)cc4C)c3)cn(C)c(=O)c2[nH]1. The average Bonchev–Trinajstić information content (AvgIpc) is 3.40. The van der Waals surface area contributed by atoms with Gasteiger partial charge in [-0.2, -0.15) is 0 Å². The number of aromatic amines is 1. The van der Waals surface area contributed by atoms with E-state index in [9.17, 15) is 19.2 Å². The molecule has 3 amide bonds. The summed E-state index contributed by atoms with van der Waals surface area (Å²) < 4.78 is 13.1. The van der Waals surface area contributed by atoms with Gasteiger partial charge in [0.05, 0.1) is 0 Å². The maximum atomic E-state index is 12.9. The van der Waals surface area contributed by atoms with E-state index in [4.69, 9.17) is 9.47 Å². The average molecular weight is 630 g/mol. The van der Waals surface area contributed by atoms with Crippen LogP contribution in [0.15, 0.2) is 47.4 Å². The van der Waals surface area contributed by atoms with Crippen molar-refractivity contribution in [3.05, 3.63) is 75.3 Å². The van der Waals surface area contributed by atoms with Crippen LogP contribution >= 0.6 is 0 Å². The second kappa shape index (κ2) is 13.9. The first kappa shape index (κ1) is 33.8. The Morgan fingerprint density at radius 1 is 0.957 bits per heavy atom. The highest BCUT2D eigenvalue weighted by atomic mass is 16.6. The van der Waals surface area contributed by atoms with Gasteiger partial charge in [-0.3, -0.25) is 14.4 Å². The van der Waals surface area contributed by atoms with E-state index in [2.05, 4.69) is 20.9 Å². The number of benzene rings is 2. The number of pyridine rings is 1. The molecule has 0 saturated heterocycles. The molecule has 0 radical (unpaired) electrons. The van der Waals surface area contributed by atoms with Crippen molar-refractivity contribution in [3.8, 4) is 22.6 Å². The fraction of sp³-hybridized carbons (Fsp3) is 0.371. The van der Waals surface area contributed by atoms with Crippen molar-refractivity contribution in [1.82, 2.24) is 20.2 Å². The second-order valence-electron chi connectivity index (χ2n) is 12.4. The number of amides is 3. The number of aromatic nitrogens is 2. The van der Waals surface area contributed by atoms with Gasteiger partial charge in [0.2, 0.25) is 5.91 Å².